The summed E-state index contributed by atoms with van der Waals surface area (Å²) in [4.78, 5) is 33.9. The monoisotopic (exact) mass is 465 g/mol. The van der Waals surface area contributed by atoms with Crippen LogP contribution >= 0.6 is 0 Å². The van der Waals surface area contributed by atoms with Gasteiger partial charge in [0.15, 0.2) is 0 Å². The summed E-state index contributed by atoms with van der Waals surface area (Å²) in [5.74, 6) is 1.59. The molecule has 2 fully saturated rings. The van der Waals surface area contributed by atoms with Crippen molar-refractivity contribution in [2.24, 2.45) is 17.8 Å². The van der Waals surface area contributed by atoms with E-state index >= 15 is 0 Å². The molecule has 0 bridgehead atoms. The van der Waals surface area contributed by atoms with Crippen molar-refractivity contribution in [2.45, 2.75) is 32.1 Å². The van der Waals surface area contributed by atoms with Gasteiger partial charge in [0.25, 0.3) is 5.91 Å². The maximum atomic E-state index is 13.0. The van der Waals surface area contributed by atoms with Crippen LogP contribution in [0.4, 0.5) is 0 Å². The molecule has 6 rings (SSSR count). The summed E-state index contributed by atoms with van der Waals surface area (Å²) in [6.07, 6.45) is 8.25. The summed E-state index contributed by atoms with van der Waals surface area (Å²) < 4.78 is 0. The number of aromatic nitrogens is 2. The van der Waals surface area contributed by atoms with Crippen LogP contribution in [-0.2, 0) is 11.2 Å². The van der Waals surface area contributed by atoms with E-state index in [2.05, 4.69) is 58.5 Å². The van der Waals surface area contributed by atoms with E-state index in [-0.39, 0.29) is 11.8 Å². The van der Waals surface area contributed by atoms with Crippen LogP contribution < -0.4 is 0 Å². The van der Waals surface area contributed by atoms with Crippen LogP contribution in [0.2, 0.25) is 0 Å². The number of Topliss-reactive ketones (excluding diaryl/α,β-unsaturated/α-hetero) is 1. The third-order valence-corrected chi connectivity index (χ3v) is 8.14. The molecule has 2 atom stereocenters. The summed E-state index contributed by atoms with van der Waals surface area (Å²) in [5.41, 5.74) is 5.44. The molecular weight excluding hydrogens is 434 g/mol. The molecule has 2 N–H and O–H groups in total. The second-order valence-electron chi connectivity index (χ2n) is 10.2. The van der Waals surface area contributed by atoms with Gasteiger partial charge in [-0.25, -0.2) is 0 Å². The number of amides is 1. The molecule has 0 radical (unpaired) electrons. The Hall–Kier alpha value is -3.60. The van der Waals surface area contributed by atoms with E-state index in [1.807, 2.05) is 23.2 Å². The number of benzene rings is 2. The van der Waals surface area contributed by atoms with Crippen molar-refractivity contribution in [1.82, 2.24) is 14.9 Å². The summed E-state index contributed by atoms with van der Waals surface area (Å²) in [6.45, 7) is 1.56. The first-order valence-corrected chi connectivity index (χ1v) is 12.8. The van der Waals surface area contributed by atoms with Gasteiger partial charge in [-0.1, -0.05) is 42.5 Å². The fraction of sp³-hybridized carbons (Fsp3) is 0.333. The summed E-state index contributed by atoms with van der Waals surface area (Å²) >= 11 is 0. The van der Waals surface area contributed by atoms with E-state index in [0.29, 0.717) is 29.7 Å². The number of ketones is 1. The predicted molar refractivity (Wildman–Crippen MR) is 138 cm³/mol. The zero-order valence-corrected chi connectivity index (χ0v) is 19.9. The summed E-state index contributed by atoms with van der Waals surface area (Å²) in [5, 5.41) is 1.21. The van der Waals surface area contributed by atoms with E-state index in [1.165, 1.54) is 22.1 Å². The molecule has 1 saturated carbocycles. The summed E-state index contributed by atoms with van der Waals surface area (Å²) in [6, 6.07) is 20.8. The van der Waals surface area contributed by atoms with E-state index in [0.717, 1.165) is 44.3 Å². The fourth-order valence-electron chi connectivity index (χ4n) is 6.25. The van der Waals surface area contributed by atoms with Crippen LogP contribution in [0, 0.1) is 17.8 Å². The maximum absolute atomic E-state index is 13.0. The first kappa shape index (κ1) is 21.9. The highest BCUT2D eigenvalue weighted by Gasteiger charge is 2.38. The number of piperidine rings is 1. The Balaban J connectivity index is 1.10. The van der Waals surface area contributed by atoms with E-state index in [1.54, 1.807) is 6.20 Å². The second-order valence-corrected chi connectivity index (χ2v) is 10.2. The standard InChI is InChI=1S/C30H31N3O2/c34-28-19-24(21-10-14-33(15-11-21)30(35)27-8-3-12-31-27)18-25(28)17-20-4-1-6-23(16-20)26-7-2-5-22-9-13-32-29(22)26/h1-9,12-13,16,21,24-25,31-32H,10-11,14-15,17-19H2. The number of H-pyrrole nitrogens is 2. The minimum absolute atomic E-state index is 0.0868. The predicted octanol–water partition coefficient (Wildman–Crippen LogP) is 5.85. The van der Waals surface area contributed by atoms with Crippen molar-refractivity contribution in [3.8, 4) is 11.1 Å². The minimum atomic E-state index is 0.0868. The molecule has 1 saturated heterocycles. The molecule has 5 heteroatoms. The Labute approximate surface area is 205 Å². The van der Waals surface area contributed by atoms with Crippen molar-refractivity contribution in [3.63, 3.8) is 0 Å². The molecule has 178 valence electrons. The fourth-order valence-corrected chi connectivity index (χ4v) is 6.25. The Morgan fingerprint density at radius 3 is 2.60 bits per heavy atom. The summed E-state index contributed by atoms with van der Waals surface area (Å²) in [7, 11) is 0. The molecule has 5 nitrogen and oxygen atoms in total. The van der Waals surface area contributed by atoms with Gasteiger partial charge in [0.05, 0.1) is 5.52 Å². The maximum Gasteiger partial charge on any atom is 0.270 e. The lowest BCUT2D eigenvalue weighted by Gasteiger charge is -2.34. The van der Waals surface area contributed by atoms with Crippen molar-refractivity contribution < 1.29 is 9.59 Å². The normalized spacial score (nSPS) is 21.1. The van der Waals surface area contributed by atoms with Gasteiger partial charge < -0.3 is 14.9 Å². The van der Waals surface area contributed by atoms with Crippen LogP contribution in [0.1, 0.15) is 41.7 Å². The number of hydrogen-bond donors (Lipinski definition) is 2. The van der Waals surface area contributed by atoms with Crippen LogP contribution in [0.15, 0.2) is 73.1 Å². The third-order valence-electron chi connectivity index (χ3n) is 8.14. The molecule has 2 aromatic carbocycles. The molecule has 1 aliphatic carbocycles. The van der Waals surface area contributed by atoms with Crippen LogP contribution in [0.3, 0.4) is 0 Å². The van der Waals surface area contributed by atoms with Gasteiger partial charge in [0, 0.05) is 43.4 Å². The first-order valence-electron chi connectivity index (χ1n) is 12.8. The molecule has 35 heavy (non-hydrogen) atoms. The number of hydrogen-bond acceptors (Lipinski definition) is 2. The Morgan fingerprint density at radius 2 is 1.77 bits per heavy atom. The van der Waals surface area contributed by atoms with Gasteiger partial charge in [-0.15, -0.1) is 0 Å². The first-order chi connectivity index (χ1) is 17.2. The molecule has 4 aromatic rings. The Kier molecular flexibility index (Phi) is 5.77. The van der Waals surface area contributed by atoms with Gasteiger partial charge in [0.1, 0.15) is 11.5 Å². The quantitative estimate of drug-likeness (QED) is 0.388. The average molecular weight is 466 g/mol. The molecule has 3 heterocycles. The Bertz CT molecular complexity index is 1340. The number of likely N-dealkylation sites (tertiary alicyclic amines) is 1. The number of rotatable bonds is 5. The number of para-hydroxylation sites is 1. The number of carbonyl (C=O) groups is 2. The molecule has 2 aromatic heterocycles. The molecule has 0 spiro atoms. The highest BCUT2D eigenvalue weighted by atomic mass is 16.2. The van der Waals surface area contributed by atoms with Crippen molar-refractivity contribution in [2.75, 3.05) is 13.1 Å². The van der Waals surface area contributed by atoms with Gasteiger partial charge in [-0.05, 0) is 72.2 Å². The largest absolute Gasteiger partial charge is 0.361 e. The van der Waals surface area contributed by atoms with Gasteiger partial charge in [-0.2, -0.15) is 0 Å². The van der Waals surface area contributed by atoms with Crippen LogP contribution in [0.5, 0.6) is 0 Å². The van der Waals surface area contributed by atoms with Crippen molar-refractivity contribution in [1.29, 1.82) is 0 Å². The van der Waals surface area contributed by atoms with E-state index in [4.69, 9.17) is 0 Å². The van der Waals surface area contributed by atoms with Gasteiger partial charge in [-0.3, -0.25) is 9.59 Å². The lowest BCUT2D eigenvalue weighted by Crippen LogP contribution is -2.40. The molecule has 2 unspecified atom stereocenters. The van der Waals surface area contributed by atoms with Crippen molar-refractivity contribution >= 4 is 22.6 Å². The highest BCUT2D eigenvalue weighted by molar-refractivity contribution is 5.94. The molecule has 1 amide bonds. The van der Waals surface area contributed by atoms with Crippen LogP contribution in [-0.4, -0.2) is 39.6 Å². The zero-order chi connectivity index (χ0) is 23.8. The number of aromatic amines is 2. The number of carbonyl (C=O) groups excluding carboxylic acids is 2. The minimum Gasteiger partial charge on any atom is -0.361 e. The SMILES string of the molecule is O=C1CC(C2CCN(C(=O)c3ccc[nH]3)CC2)CC1Cc1cccc(-c2cccc3cc[nH]c23)c1. The number of nitrogens with one attached hydrogen (secondary N) is 2. The van der Waals surface area contributed by atoms with Gasteiger partial charge >= 0.3 is 0 Å². The van der Waals surface area contributed by atoms with E-state index < -0.39 is 0 Å². The van der Waals surface area contributed by atoms with E-state index in [9.17, 15) is 9.59 Å². The Morgan fingerprint density at radius 1 is 0.914 bits per heavy atom. The number of nitrogens with zero attached hydrogens (tertiary/aromatic N) is 1. The lowest BCUT2D eigenvalue weighted by molar-refractivity contribution is -0.120. The molecule has 2 aliphatic rings. The second kappa shape index (κ2) is 9.21. The average Bonchev–Trinajstić information content (AvgIpc) is 3.66. The zero-order valence-electron chi connectivity index (χ0n) is 19.9. The molecular formula is C30H31N3O2. The lowest BCUT2D eigenvalue weighted by atomic mass is 9.82. The third kappa shape index (κ3) is 4.31. The topological polar surface area (TPSA) is 69.0 Å². The van der Waals surface area contributed by atoms with Crippen LogP contribution in [0.25, 0.3) is 22.0 Å². The highest BCUT2D eigenvalue weighted by Crippen LogP contribution is 2.40. The van der Waals surface area contributed by atoms with Crippen molar-refractivity contribution in [3.05, 3.63) is 84.3 Å². The smallest absolute Gasteiger partial charge is 0.270 e. The van der Waals surface area contributed by atoms with Gasteiger partial charge in [0.2, 0.25) is 0 Å². The molecule has 1 aliphatic heterocycles. The number of fused-ring (bicyclic) bond motifs is 1.